The van der Waals surface area contributed by atoms with Gasteiger partial charge >= 0.3 is 0 Å². The summed E-state index contributed by atoms with van der Waals surface area (Å²) >= 11 is 6.38. The van der Waals surface area contributed by atoms with Crippen molar-refractivity contribution in [1.29, 1.82) is 0 Å². The number of phenolic OH excluding ortho intramolecular Hbond substituents is 1. The van der Waals surface area contributed by atoms with Crippen molar-refractivity contribution in [3.05, 3.63) is 88.7 Å². The maximum atomic E-state index is 12.8. The monoisotopic (exact) mass is 407 g/mol. The average Bonchev–Trinajstić information content (AvgIpc) is 2.77. The van der Waals surface area contributed by atoms with Crippen LogP contribution in [0.2, 0.25) is 5.02 Å². The largest absolute Gasteiger partial charge is 0.507 e. The molecule has 1 fully saturated rings. The third-order valence-corrected chi connectivity index (χ3v) is 5.57. The van der Waals surface area contributed by atoms with Crippen LogP contribution in [0.3, 0.4) is 0 Å². The molecular formula is C23H22ClN3O2. The summed E-state index contributed by atoms with van der Waals surface area (Å²) in [5, 5.41) is 10.7. The van der Waals surface area contributed by atoms with Crippen LogP contribution < -0.4 is 4.90 Å². The van der Waals surface area contributed by atoms with Crippen molar-refractivity contribution in [2.45, 2.75) is 6.54 Å². The number of carbonyl (C=O) groups excluding carboxylic acids is 1. The Kier molecular flexibility index (Phi) is 5.79. The molecule has 1 aromatic heterocycles. The molecule has 2 aromatic carbocycles. The maximum absolute atomic E-state index is 12.8. The molecule has 1 saturated heterocycles. The molecule has 5 nitrogen and oxygen atoms in total. The van der Waals surface area contributed by atoms with Gasteiger partial charge in [0.25, 0.3) is 0 Å². The molecule has 3 aromatic rings. The lowest BCUT2D eigenvalue weighted by atomic mass is 10.0. The van der Waals surface area contributed by atoms with Gasteiger partial charge in [0, 0.05) is 61.4 Å². The van der Waals surface area contributed by atoms with Crippen LogP contribution in [0.1, 0.15) is 21.5 Å². The van der Waals surface area contributed by atoms with Crippen molar-refractivity contribution in [2.75, 3.05) is 31.1 Å². The van der Waals surface area contributed by atoms with Crippen molar-refractivity contribution in [3.8, 4) is 5.75 Å². The van der Waals surface area contributed by atoms with Gasteiger partial charge < -0.3 is 10.0 Å². The summed E-state index contributed by atoms with van der Waals surface area (Å²) in [7, 11) is 0. The highest BCUT2D eigenvalue weighted by Gasteiger charge is 2.21. The third kappa shape index (κ3) is 4.42. The average molecular weight is 408 g/mol. The quantitative estimate of drug-likeness (QED) is 0.648. The number of benzene rings is 2. The van der Waals surface area contributed by atoms with Crippen molar-refractivity contribution < 1.29 is 9.90 Å². The number of aromatic hydroxyl groups is 1. The van der Waals surface area contributed by atoms with Crippen molar-refractivity contribution in [3.63, 3.8) is 0 Å². The van der Waals surface area contributed by atoms with Gasteiger partial charge in [0.05, 0.1) is 5.56 Å². The third-order valence-electron chi connectivity index (χ3n) is 5.22. The van der Waals surface area contributed by atoms with Gasteiger partial charge in [0.1, 0.15) is 5.75 Å². The minimum Gasteiger partial charge on any atom is -0.507 e. The standard InChI is InChI=1S/C23H22ClN3O2/c24-21-14-22(28)20(23(29)17-5-4-8-25-15-17)13-18(21)16-26-9-11-27(12-10-26)19-6-2-1-3-7-19/h1-8,13-15,28H,9-12,16H2. The van der Waals surface area contributed by atoms with E-state index in [2.05, 4.69) is 39.0 Å². The Labute approximate surface area is 175 Å². The Morgan fingerprint density at radius 1 is 1.03 bits per heavy atom. The van der Waals surface area contributed by atoms with E-state index in [1.54, 1.807) is 24.4 Å². The molecular weight excluding hydrogens is 386 g/mol. The first-order valence-corrected chi connectivity index (χ1v) is 9.98. The minimum absolute atomic E-state index is 0.110. The highest BCUT2D eigenvalue weighted by molar-refractivity contribution is 6.31. The van der Waals surface area contributed by atoms with E-state index in [0.29, 0.717) is 17.1 Å². The Hall–Kier alpha value is -2.89. The van der Waals surface area contributed by atoms with Gasteiger partial charge in [-0.25, -0.2) is 0 Å². The summed E-state index contributed by atoms with van der Waals surface area (Å²) in [6.45, 7) is 4.30. The Morgan fingerprint density at radius 3 is 2.48 bits per heavy atom. The number of aromatic nitrogens is 1. The molecule has 0 atom stereocenters. The smallest absolute Gasteiger partial charge is 0.198 e. The normalized spacial score (nSPS) is 14.7. The highest BCUT2D eigenvalue weighted by Crippen LogP contribution is 2.29. The molecule has 0 spiro atoms. The van der Waals surface area contributed by atoms with Gasteiger partial charge in [0.2, 0.25) is 0 Å². The maximum Gasteiger partial charge on any atom is 0.198 e. The number of hydrogen-bond donors (Lipinski definition) is 1. The minimum atomic E-state index is -0.262. The molecule has 0 bridgehead atoms. The summed E-state index contributed by atoms with van der Waals surface area (Å²) in [6.07, 6.45) is 3.11. The first-order chi connectivity index (χ1) is 14.1. The Morgan fingerprint density at radius 2 is 1.79 bits per heavy atom. The first kappa shape index (κ1) is 19.4. The fourth-order valence-corrected chi connectivity index (χ4v) is 3.82. The lowest BCUT2D eigenvalue weighted by molar-refractivity contribution is 0.103. The summed E-state index contributed by atoms with van der Waals surface area (Å²) in [5.41, 5.74) is 2.76. The zero-order valence-electron chi connectivity index (χ0n) is 16.0. The molecule has 1 aliphatic heterocycles. The van der Waals surface area contributed by atoms with Gasteiger partial charge in [0.15, 0.2) is 5.78 Å². The van der Waals surface area contributed by atoms with Crippen LogP contribution in [-0.2, 0) is 6.54 Å². The topological polar surface area (TPSA) is 56.7 Å². The number of pyridine rings is 1. The second-order valence-electron chi connectivity index (χ2n) is 7.13. The predicted molar refractivity (Wildman–Crippen MR) is 115 cm³/mol. The van der Waals surface area contributed by atoms with Gasteiger partial charge in [-0.15, -0.1) is 0 Å². The van der Waals surface area contributed by atoms with Gasteiger partial charge in [-0.2, -0.15) is 0 Å². The van der Waals surface area contributed by atoms with Crippen LogP contribution in [0.5, 0.6) is 5.75 Å². The lowest BCUT2D eigenvalue weighted by Crippen LogP contribution is -2.46. The molecule has 29 heavy (non-hydrogen) atoms. The summed E-state index contributed by atoms with van der Waals surface area (Å²) in [6, 6.07) is 16.9. The summed E-state index contributed by atoms with van der Waals surface area (Å²) in [5.74, 6) is -0.371. The number of anilines is 1. The highest BCUT2D eigenvalue weighted by atomic mass is 35.5. The molecule has 0 saturated carbocycles. The number of piperazine rings is 1. The van der Waals surface area contributed by atoms with E-state index in [1.165, 1.54) is 18.0 Å². The van der Waals surface area contributed by atoms with Crippen molar-refractivity contribution in [2.24, 2.45) is 0 Å². The predicted octanol–water partition coefficient (Wildman–Crippen LogP) is 3.99. The van der Waals surface area contributed by atoms with E-state index in [-0.39, 0.29) is 17.1 Å². The van der Waals surface area contributed by atoms with Gasteiger partial charge in [-0.1, -0.05) is 29.8 Å². The second kappa shape index (κ2) is 8.64. The van der Waals surface area contributed by atoms with Crippen molar-refractivity contribution in [1.82, 2.24) is 9.88 Å². The van der Waals surface area contributed by atoms with Gasteiger partial charge in [-0.3, -0.25) is 14.7 Å². The number of carbonyl (C=O) groups is 1. The zero-order chi connectivity index (χ0) is 20.2. The van der Waals surface area contributed by atoms with E-state index >= 15 is 0 Å². The molecule has 148 valence electrons. The number of para-hydroxylation sites is 1. The number of hydrogen-bond acceptors (Lipinski definition) is 5. The molecule has 6 heteroatoms. The Bertz CT molecular complexity index is 988. The van der Waals surface area contributed by atoms with Crippen LogP contribution in [0.15, 0.2) is 67.0 Å². The molecule has 1 N–H and O–H groups in total. The SMILES string of the molecule is O=C(c1cccnc1)c1cc(CN2CCN(c3ccccc3)CC2)c(Cl)cc1O. The summed E-state index contributed by atoms with van der Waals surface area (Å²) in [4.78, 5) is 21.4. The van der Waals surface area contributed by atoms with Gasteiger partial charge in [-0.05, 0) is 42.0 Å². The van der Waals surface area contributed by atoms with E-state index in [0.717, 1.165) is 31.7 Å². The number of rotatable bonds is 5. The molecule has 0 amide bonds. The van der Waals surface area contributed by atoms with E-state index in [4.69, 9.17) is 11.6 Å². The number of phenols is 1. The fourth-order valence-electron chi connectivity index (χ4n) is 3.61. The van der Waals surface area contributed by atoms with Crippen LogP contribution in [0.25, 0.3) is 0 Å². The van der Waals surface area contributed by atoms with E-state index in [1.807, 2.05) is 6.07 Å². The molecule has 1 aliphatic rings. The number of nitrogens with zero attached hydrogens (tertiary/aromatic N) is 3. The molecule has 4 rings (SSSR count). The van der Waals surface area contributed by atoms with E-state index < -0.39 is 0 Å². The van der Waals surface area contributed by atoms with Crippen LogP contribution >= 0.6 is 11.6 Å². The lowest BCUT2D eigenvalue weighted by Gasteiger charge is -2.36. The molecule has 2 heterocycles. The fraction of sp³-hybridized carbons (Fsp3) is 0.217. The number of halogens is 1. The molecule has 0 radical (unpaired) electrons. The van der Waals surface area contributed by atoms with Crippen LogP contribution in [0.4, 0.5) is 5.69 Å². The first-order valence-electron chi connectivity index (χ1n) is 9.60. The molecule has 0 unspecified atom stereocenters. The number of ketones is 1. The van der Waals surface area contributed by atoms with Crippen molar-refractivity contribution >= 4 is 23.1 Å². The van der Waals surface area contributed by atoms with Crippen LogP contribution in [-0.4, -0.2) is 47.0 Å². The van der Waals surface area contributed by atoms with Crippen LogP contribution in [0, 0.1) is 0 Å². The van der Waals surface area contributed by atoms with E-state index in [9.17, 15) is 9.90 Å². The second-order valence-corrected chi connectivity index (χ2v) is 7.54. The summed E-state index contributed by atoms with van der Waals surface area (Å²) < 4.78 is 0. The molecule has 0 aliphatic carbocycles. The Balaban J connectivity index is 1.47. The zero-order valence-corrected chi connectivity index (χ0v) is 16.7.